The number of aliphatic imine (C=N–C) groups is 1. The van der Waals surface area contributed by atoms with Gasteiger partial charge in [0, 0.05) is 25.9 Å². The van der Waals surface area contributed by atoms with E-state index in [1.807, 2.05) is 68.5 Å². The molecule has 3 rings (SSSR count). The molecule has 0 spiro atoms. The van der Waals surface area contributed by atoms with Crippen molar-refractivity contribution >= 4 is 11.7 Å². The Labute approximate surface area is 142 Å². The molecule has 24 heavy (non-hydrogen) atoms. The van der Waals surface area contributed by atoms with Crippen LogP contribution in [0.3, 0.4) is 0 Å². The summed E-state index contributed by atoms with van der Waals surface area (Å²) in [7, 11) is 3.94. The van der Waals surface area contributed by atoms with E-state index in [-0.39, 0.29) is 18.4 Å². The maximum atomic E-state index is 12.3. The third-order valence-electron chi connectivity index (χ3n) is 4.13. The number of hydrogen-bond acceptors (Lipinski definition) is 4. The van der Waals surface area contributed by atoms with Crippen molar-refractivity contribution in [2.75, 3.05) is 14.1 Å². The highest BCUT2D eigenvalue weighted by Gasteiger charge is 2.19. The van der Waals surface area contributed by atoms with Crippen LogP contribution in [0.15, 0.2) is 47.6 Å². The van der Waals surface area contributed by atoms with E-state index in [2.05, 4.69) is 15.3 Å². The first-order valence-electron chi connectivity index (χ1n) is 8.09. The summed E-state index contributed by atoms with van der Waals surface area (Å²) in [6.07, 6.45) is 2.10. The molecule has 0 aliphatic carbocycles. The molecule has 1 aliphatic heterocycles. The van der Waals surface area contributed by atoms with Crippen LogP contribution in [0.2, 0.25) is 0 Å². The van der Waals surface area contributed by atoms with Crippen LogP contribution in [-0.4, -0.2) is 35.7 Å². The monoisotopic (exact) mass is 322 g/mol. The van der Waals surface area contributed by atoms with Gasteiger partial charge in [0.15, 0.2) is 0 Å². The smallest absolute Gasteiger partial charge is 0.226 e. The first-order chi connectivity index (χ1) is 11.5. The summed E-state index contributed by atoms with van der Waals surface area (Å²) >= 11 is 0. The fourth-order valence-electron chi connectivity index (χ4n) is 2.88. The Bertz CT molecular complexity index is 768. The van der Waals surface area contributed by atoms with Crippen molar-refractivity contribution in [2.24, 2.45) is 4.99 Å². The van der Waals surface area contributed by atoms with Gasteiger partial charge in [0.2, 0.25) is 5.91 Å². The predicted molar refractivity (Wildman–Crippen MR) is 94.9 cm³/mol. The predicted octanol–water partition coefficient (Wildman–Crippen LogP) is 2.32. The van der Waals surface area contributed by atoms with Gasteiger partial charge in [-0.15, -0.1) is 0 Å². The highest BCUT2D eigenvalue weighted by molar-refractivity contribution is 6.01. The molecule has 1 atom stereocenters. The third kappa shape index (κ3) is 3.45. The summed E-state index contributed by atoms with van der Waals surface area (Å²) in [5.41, 5.74) is 4.06. The Hall–Kier alpha value is -2.69. The quantitative estimate of drug-likeness (QED) is 0.940. The number of benzene rings is 1. The average molecular weight is 322 g/mol. The fourth-order valence-corrected chi connectivity index (χ4v) is 2.88. The Balaban J connectivity index is 1.64. The standard InChI is InChI=1S/C19H22N4O/c1-13(14-7-5-4-6-8-14)22-18(24)10-16-9-15-11-21-19(23(2)3)17(15)12-20-16/h4-9,12-13H,10-11H2,1-3H3,(H,22,24)/t13-/m1/s1. The summed E-state index contributed by atoms with van der Waals surface area (Å²) < 4.78 is 0. The zero-order chi connectivity index (χ0) is 17.1. The molecule has 2 aromatic rings. The second-order valence-corrected chi connectivity index (χ2v) is 6.24. The molecule has 1 aromatic carbocycles. The molecule has 0 radical (unpaired) electrons. The number of amidine groups is 1. The number of carbonyl (C=O) groups is 1. The zero-order valence-corrected chi connectivity index (χ0v) is 14.3. The first kappa shape index (κ1) is 16.2. The molecule has 0 bridgehead atoms. The van der Waals surface area contributed by atoms with E-state index in [9.17, 15) is 4.79 Å². The van der Waals surface area contributed by atoms with Crippen LogP contribution in [-0.2, 0) is 17.8 Å². The largest absolute Gasteiger partial charge is 0.362 e. The SMILES string of the molecule is C[C@@H](NC(=O)Cc1cc2c(cn1)C(N(C)C)=NC2)c1ccccc1. The van der Waals surface area contributed by atoms with Gasteiger partial charge in [-0.05, 0) is 24.1 Å². The van der Waals surface area contributed by atoms with Crippen LogP contribution in [0.1, 0.15) is 35.3 Å². The summed E-state index contributed by atoms with van der Waals surface area (Å²) in [5.74, 6) is 0.928. The topological polar surface area (TPSA) is 57.6 Å². The van der Waals surface area contributed by atoms with Crippen molar-refractivity contribution in [3.8, 4) is 0 Å². The summed E-state index contributed by atoms with van der Waals surface area (Å²) in [5, 5.41) is 3.02. The van der Waals surface area contributed by atoms with E-state index in [0.29, 0.717) is 6.54 Å². The molecule has 0 fully saturated rings. The van der Waals surface area contributed by atoms with Gasteiger partial charge in [-0.1, -0.05) is 30.3 Å². The molecule has 0 unspecified atom stereocenters. The van der Waals surface area contributed by atoms with Gasteiger partial charge < -0.3 is 10.2 Å². The second kappa shape index (κ2) is 6.83. The van der Waals surface area contributed by atoms with Gasteiger partial charge in [-0.3, -0.25) is 14.8 Å². The minimum absolute atomic E-state index is 0.0168. The van der Waals surface area contributed by atoms with E-state index < -0.39 is 0 Å². The Morgan fingerprint density at radius 2 is 2.04 bits per heavy atom. The highest BCUT2D eigenvalue weighted by atomic mass is 16.1. The van der Waals surface area contributed by atoms with Crippen LogP contribution in [0, 0.1) is 0 Å². The number of fused-ring (bicyclic) bond motifs is 1. The fraction of sp³-hybridized carbons (Fsp3) is 0.316. The second-order valence-electron chi connectivity index (χ2n) is 6.24. The van der Waals surface area contributed by atoms with Crippen LogP contribution in [0.5, 0.6) is 0 Å². The number of rotatable bonds is 4. The summed E-state index contributed by atoms with van der Waals surface area (Å²) in [6, 6.07) is 11.9. The van der Waals surface area contributed by atoms with E-state index in [1.54, 1.807) is 0 Å². The molecule has 2 heterocycles. The maximum absolute atomic E-state index is 12.3. The molecular formula is C19H22N4O. The molecule has 5 nitrogen and oxygen atoms in total. The molecule has 5 heteroatoms. The van der Waals surface area contributed by atoms with Gasteiger partial charge in [0.1, 0.15) is 5.84 Å². The Morgan fingerprint density at radius 3 is 2.75 bits per heavy atom. The summed E-state index contributed by atoms with van der Waals surface area (Å²) in [6.45, 7) is 2.64. The zero-order valence-electron chi connectivity index (χ0n) is 14.3. The van der Waals surface area contributed by atoms with Crippen LogP contribution in [0.25, 0.3) is 0 Å². The van der Waals surface area contributed by atoms with Crippen molar-refractivity contribution in [1.82, 2.24) is 15.2 Å². The number of carbonyl (C=O) groups excluding carboxylic acids is 1. The van der Waals surface area contributed by atoms with Gasteiger partial charge in [-0.25, -0.2) is 0 Å². The molecule has 1 amide bonds. The molecule has 1 N–H and O–H groups in total. The molecule has 1 aliphatic rings. The Kier molecular flexibility index (Phi) is 4.60. The average Bonchev–Trinajstić information content (AvgIpc) is 2.99. The van der Waals surface area contributed by atoms with Crippen molar-refractivity contribution in [1.29, 1.82) is 0 Å². The van der Waals surface area contributed by atoms with Gasteiger partial charge in [0.25, 0.3) is 0 Å². The number of hydrogen-bond donors (Lipinski definition) is 1. The minimum Gasteiger partial charge on any atom is -0.362 e. The number of nitrogens with one attached hydrogen (secondary N) is 1. The maximum Gasteiger partial charge on any atom is 0.226 e. The highest BCUT2D eigenvalue weighted by Crippen LogP contribution is 2.20. The molecule has 1 aromatic heterocycles. The van der Waals surface area contributed by atoms with Crippen molar-refractivity contribution in [2.45, 2.75) is 25.9 Å². The van der Waals surface area contributed by atoms with Crippen molar-refractivity contribution in [3.05, 3.63) is 65.0 Å². The third-order valence-corrected chi connectivity index (χ3v) is 4.13. The van der Waals surface area contributed by atoms with Gasteiger partial charge in [-0.2, -0.15) is 0 Å². The van der Waals surface area contributed by atoms with E-state index in [1.165, 1.54) is 0 Å². The number of nitrogens with zero attached hydrogens (tertiary/aromatic N) is 3. The van der Waals surface area contributed by atoms with Crippen molar-refractivity contribution in [3.63, 3.8) is 0 Å². The Morgan fingerprint density at radius 1 is 1.29 bits per heavy atom. The first-order valence-corrected chi connectivity index (χ1v) is 8.09. The number of aromatic nitrogens is 1. The van der Waals surface area contributed by atoms with E-state index in [4.69, 9.17) is 0 Å². The van der Waals surface area contributed by atoms with Crippen LogP contribution >= 0.6 is 0 Å². The minimum atomic E-state index is -0.0226. The lowest BCUT2D eigenvalue weighted by Gasteiger charge is -2.15. The van der Waals surface area contributed by atoms with Crippen LogP contribution < -0.4 is 5.32 Å². The lowest BCUT2D eigenvalue weighted by molar-refractivity contribution is -0.121. The lowest BCUT2D eigenvalue weighted by atomic mass is 10.1. The van der Waals surface area contributed by atoms with Gasteiger partial charge in [0.05, 0.1) is 24.7 Å². The van der Waals surface area contributed by atoms with Crippen molar-refractivity contribution < 1.29 is 4.79 Å². The normalized spacial score (nSPS) is 13.9. The molecule has 0 saturated heterocycles. The molecule has 124 valence electrons. The summed E-state index contributed by atoms with van der Waals surface area (Å²) in [4.78, 5) is 23.2. The lowest BCUT2D eigenvalue weighted by Crippen LogP contribution is -2.28. The van der Waals surface area contributed by atoms with E-state index >= 15 is 0 Å². The molecule has 0 saturated carbocycles. The van der Waals surface area contributed by atoms with E-state index in [0.717, 1.165) is 28.2 Å². The van der Waals surface area contributed by atoms with Gasteiger partial charge >= 0.3 is 0 Å². The molecular weight excluding hydrogens is 300 g/mol. The number of pyridine rings is 1. The number of amides is 1. The van der Waals surface area contributed by atoms with Crippen LogP contribution in [0.4, 0.5) is 0 Å².